The van der Waals surface area contributed by atoms with Crippen molar-refractivity contribution in [3.05, 3.63) is 42.0 Å². The summed E-state index contributed by atoms with van der Waals surface area (Å²) in [7, 11) is 1.67. The number of likely N-dealkylation sites (tertiary alicyclic amines) is 1. The largest absolute Gasteiger partial charge is 0.383 e. The first-order valence-corrected chi connectivity index (χ1v) is 11.7. The van der Waals surface area contributed by atoms with E-state index in [1.807, 2.05) is 9.80 Å². The molecule has 6 heteroatoms. The second-order valence-corrected chi connectivity index (χ2v) is 9.05. The molecule has 1 aromatic carbocycles. The lowest BCUT2D eigenvalue weighted by atomic mass is 9.74. The number of hydrogen-bond donors (Lipinski definition) is 0. The van der Waals surface area contributed by atoms with Crippen molar-refractivity contribution in [2.24, 2.45) is 5.41 Å². The fourth-order valence-electron chi connectivity index (χ4n) is 5.25. The number of carbonyl (C=O) groups is 2. The summed E-state index contributed by atoms with van der Waals surface area (Å²) in [6.45, 7) is 4.97. The van der Waals surface area contributed by atoms with Crippen LogP contribution in [-0.4, -0.2) is 74.6 Å². The molecule has 0 N–H and O–H groups in total. The summed E-state index contributed by atoms with van der Waals surface area (Å²) in [6.07, 6.45) is 9.32. The Bertz CT molecular complexity index is 814. The molecule has 2 amide bonds. The Labute approximate surface area is 185 Å². The lowest BCUT2D eigenvalue weighted by Crippen LogP contribution is -2.51. The first-order chi connectivity index (χ1) is 15.1. The Kier molecular flexibility index (Phi) is 6.96. The third-order valence-electron chi connectivity index (χ3n) is 7.18. The van der Waals surface area contributed by atoms with Crippen LogP contribution in [0.5, 0.6) is 0 Å². The first kappa shape index (κ1) is 21.9. The molecule has 3 aliphatic rings. The van der Waals surface area contributed by atoms with Crippen LogP contribution in [0.15, 0.2) is 36.4 Å². The number of nitrogens with zero attached hydrogens (tertiary/aromatic N) is 3. The fraction of sp³-hybridized carbons (Fsp3) is 0.600. The maximum Gasteiger partial charge on any atom is 0.229 e. The molecule has 0 radical (unpaired) electrons. The van der Waals surface area contributed by atoms with E-state index >= 15 is 0 Å². The fourth-order valence-corrected chi connectivity index (χ4v) is 5.25. The third-order valence-corrected chi connectivity index (χ3v) is 7.18. The highest BCUT2D eigenvalue weighted by Crippen LogP contribution is 2.39. The minimum atomic E-state index is -0.358. The van der Waals surface area contributed by atoms with Crippen molar-refractivity contribution in [3.63, 3.8) is 0 Å². The van der Waals surface area contributed by atoms with Gasteiger partial charge in [0.1, 0.15) is 0 Å². The van der Waals surface area contributed by atoms with E-state index in [2.05, 4.69) is 41.3 Å². The summed E-state index contributed by atoms with van der Waals surface area (Å²) in [5.41, 5.74) is 2.31. The summed E-state index contributed by atoms with van der Waals surface area (Å²) in [6, 6.07) is 8.54. The predicted octanol–water partition coefficient (Wildman–Crippen LogP) is 2.87. The minimum Gasteiger partial charge on any atom is -0.383 e. The van der Waals surface area contributed by atoms with Crippen molar-refractivity contribution < 1.29 is 14.3 Å². The van der Waals surface area contributed by atoms with Gasteiger partial charge in [0.25, 0.3) is 0 Å². The molecular formula is C25H35N3O3. The van der Waals surface area contributed by atoms with E-state index in [-0.39, 0.29) is 17.2 Å². The number of ether oxygens (including phenoxy) is 1. The van der Waals surface area contributed by atoms with Gasteiger partial charge >= 0.3 is 0 Å². The van der Waals surface area contributed by atoms with Gasteiger partial charge in [-0.25, -0.2) is 0 Å². The molecule has 6 nitrogen and oxygen atoms in total. The highest BCUT2D eigenvalue weighted by atomic mass is 16.5. The maximum absolute atomic E-state index is 13.3. The number of aryl methyl sites for hydroxylation is 1. The lowest BCUT2D eigenvalue weighted by Gasteiger charge is -2.42. The molecule has 31 heavy (non-hydrogen) atoms. The van der Waals surface area contributed by atoms with Crippen molar-refractivity contribution in [3.8, 4) is 0 Å². The average Bonchev–Trinajstić information content (AvgIpc) is 2.95. The predicted molar refractivity (Wildman–Crippen MR) is 122 cm³/mol. The van der Waals surface area contributed by atoms with Crippen molar-refractivity contribution in [1.29, 1.82) is 0 Å². The first-order valence-electron chi connectivity index (χ1n) is 11.7. The van der Waals surface area contributed by atoms with Crippen molar-refractivity contribution in [2.75, 3.05) is 57.9 Å². The number of carbonyl (C=O) groups excluding carboxylic acids is 2. The van der Waals surface area contributed by atoms with E-state index in [9.17, 15) is 9.59 Å². The molecule has 0 atom stereocenters. The average molecular weight is 426 g/mol. The zero-order valence-corrected chi connectivity index (χ0v) is 18.7. The van der Waals surface area contributed by atoms with Crippen LogP contribution in [0.4, 0.5) is 5.69 Å². The molecule has 0 aliphatic carbocycles. The van der Waals surface area contributed by atoms with Gasteiger partial charge in [0.15, 0.2) is 0 Å². The molecule has 0 aromatic heterocycles. The number of piperidine rings is 1. The van der Waals surface area contributed by atoms with Crippen LogP contribution in [0.25, 0.3) is 0 Å². The number of rotatable bonds is 6. The van der Waals surface area contributed by atoms with E-state index in [0.717, 1.165) is 45.2 Å². The number of methoxy groups -OCH3 is 1. The van der Waals surface area contributed by atoms with Crippen molar-refractivity contribution in [1.82, 2.24) is 9.80 Å². The molecule has 4 rings (SSSR count). The molecule has 1 aromatic rings. The summed E-state index contributed by atoms with van der Waals surface area (Å²) in [4.78, 5) is 32.5. The number of para-hydroxylation sites is 1. The van der Waals surface area contributed by atoms with E-state index in [1.54, 1.807) is 7.11 Å². The van der Waals surface area contributed by atoms with Crippen LogP contribution < -0.4 is 4.90 Å². The van der Waals surface area contributed by atoms with Gasteiger partial charge in [-0.15, -0.1) is 0 Å². The number of amides is 2. The Morgan fingerprint density at radius 3 is 2.68 bits per heavy atom. The minimum absolute atomic E-state index is 0.214. The van der Waals surface area contributed by atoms with E-state index in [1.165, 1.54) is 11.3 Å². The number of benzene rings is 1. The van der Waals surface area contributed by atoms with Gasteiger partial charge in [-0.05, 0) is 43.7 Å². The van der Waals surface area contributed by atoms with E-state index in [0.29, 0.717) is 39.2 Å². The zero-order chi connectivity index (χ0) is 21.7. The molecule has 1 spiro atoms. The molecule has 1 saturated heterocycles. The summed E-state index contributed by atoms with van der Waals surface area (Å²) in [5.74, 6) is 0.442. The van der Waals surface area contributed by atoms with Crippen LogP contribution in [0, 0.1) is 5.41 Å². The summed E-state index contributed by atoms with van der Waals surface area (Å²) in [5, 5.41) is 0. The van der Waals surface area contributed by atoms with Crippen molar-refractivity contribution in [2.45, 2.75) is 38.5 Å². The summed E-state index contributed by atoms with van der Waals surface area (Å²) >= 11 is 0. The van der Waals surface area contributed by atoms with Crippen LogP contribution in [0.3, 0.4) is 0 Å². The Morgan fingerprint density at radius 2 is 1.87 bits per heavy atom. The molecule has 3 heterocycles. The maximum atomic E-state index is 13.3. The quantitative estimate of drug-likeness (QED) is 0.658. The molecule has 0 bridgehead atoms. The Hall–Kier alpha value is -2.34. The van der Waals surface area contributed by atoms with Gasteiger partial charge in [0.05, 0.1) is 12.0 Å². The standard InChI is InChI=1S/C25H35N3O3/c1-31-20-19-28-14-5-4-11-25(24(28)30)12-17-27(18-13-25)23(29)10-16-26-15-6-8-21-7-2-3-9-22(21)26/h2-5,7,9H,6,8,10-20H2,1H3. The normalized spacial score (nSPS) is 20.7. The molecule has 3 aliphatic heterocycles. The molecule has 0 saturated carbocycles. The van der Waals surface area contributed by atoms with Crippen molar-refractivity contribution >= 4 is 17.5 Å². The number of hydrogen-bond acceptors (Lipinski definition) is 4. The van der Waals surface area contributed by atoms with Crippen LogP contribution in [0.2, 0.25) is 0 Å². The van der Waals surface area contributed by atoms with Gasteiger partial charge in [-0.1, -0.05) is 30.4 Å². The Balaban J connectivity index is 1.32. The smallest absolute Gasteiger partial charge is 0.229 e. The Morgan fingerprint density at radius 1 is 1.06 bits per heavy atom. The van der Waals surface area contributed by atoms with E-state index < -0.39 is 0 Å². The third kappa shape index (κ3) is 4.79. The van der Waals surface area contributed by atoms with Gasteiger partial charge < -0.3 is 19.4 Å². The number of anilines is 1. The van der Waals surface area contributed by atoms with Crippen LogP contribution in [0.1, 0.15) is 37.7 Å². The molecule has 168 valence electrons. The molecular weight excluding hydrogens is 390 g/mol. The zero-order valence-electron chi connectivity index (χ0n) is 18.7. The second-order valence-electron chi connectivity index (χ2n) is 9.05. The number of fused-ring (bicyclic) bond motifs is 1. The van der Waals surface area contributed by atoms with Crippen LogP contribution in [-0.2, 0) is 20.7 Å². The monoisotopic (exact) mass is 425 g/mol. The van der Waals surface area contributed by atoms with Gasteiger partial charge in [0.2, 0.25) is 11.8 Å². The molecule has 0 unspecified atom stereocenters. The topological polar surface area (TPSA) is 53.1 Å². The molecule has 1 fully saturated rings. The SMILES string of the molecule is COCCN1CC=CCC2(CCN(C(=O)CCN3CCCc4ccccc43)CC2)C1=O. The van der Waals surface area contributed by atoms with Gasteiger partial charge in [0, 0.05) is 58.5 Å². The number of allylic oxidation sites excluding steroid dienone is 1. The summed E-state index contributed by atoms with van der Waals surface area (Å²) < 4.78 is 5.18. The second kappa shape index (κ2) is 9.86. The van der Waals surface area contributed by atoms with E-state index in [4.69, 9.17) is 4.74 Å². The lowest BCUT2D eigenvalue weighted by molar-refractivity contribution is -0.148. The van der Waals surface area contributed by atoms with Crippen LogP contribution >= 0.6 is 0 Å². The highest BCUT2D eigenvalue weighted by Gasteiger charge is 2.44. The van der Waals surface area contributed by atoms with Gasteiger partial charge in [-0.2, -0.15) is 0 Å². The van der Waals surface area contributed by atoms with Gasteiger partial charge in [-0.3, -0.25) is 9.59 Å². The highest BCUT2D eigenvalue weighted by molar-refractivity contribution is 5.84.